The summed E-state index contributed by atoms with van der Waals surface area (Å²) in [6.07, 6.45) is 1.94. The predicted molar refractivity (Wildman–Crippen MR) is 80.1 cm³/mol. The van der Waals surface area contributed by atoms with E-state index >= 15 is 0 Å². The zero-order valence-electron chi connectivity index (χ0n) is 11.6. The summed E-state index contributed by atoms with van der Waals surface area (Å²) in [6, 6.07) is 0. The van der Waals surface area contributed by atoms with E-state index in [0.717, 1.165) is 35.8 Å². The molecule has 1 atom stereocenters. The molecular weight excluding hydrogens is 312 g/mol. The van der Waals surface area contributed by atoms with Crippen LogP contribution < -0.4 is 10.2 Å². The quantitative estimate of drug-likeness (QED) is 0.928. The minimum atomic E-state index is -0.328. The second kappa shape index (κ2) is 5.66. The number of hydrogen-bond acceptors (Lipinski definition) is 7. The summed E-state index contributed by atoms with van der Waals surface area (Å²) in [7, 11) is 1.64. The van der Waals surface area contributed by atoms with Crippen LogP contribution in [0.4, 0.5) is 5.13 Å². The van der Waals surface area contributed by atoms with Gasteiger partial charge in [-0.1, -0.05) is 22.7 Å². The molecule has 3 heterocycles. The lowest BCUT2D eigenvalue weighted by molar-refractivity contribution is 0.102. The average Bonchev–Trinajstić information content (AvgIpc) is 3.16. The molecule has 2 aromatic heterocycles. The van der Waals surface area contributed by atoms with Gasteiger partial charge in [0.25, 0.3) is 5.91 Å². The van der Waals surface area contributed by atoms with Crippen LogP contribution in [0.3, 0.4) is 0 Å². The lowest BCUT2D eigenvalue weighted by Gasteiger charge is -2.02. The highest BCUT2D eigenvalue weighted by molar-refractivity contribution is 7.15. The minimum Gasteiger partial charge on any atom is -0.371 e. The van der Waals surface area contributed by atoms with E-state index in [1.165, 1.54) is 15.9 Å². The van der Waals surface area contributed by atoms with Gasteiger partial charge in [0.05, 0.1) is 0 Å². The van der Waals surface area contributed by atoms with E-state index in [1.807, 2.05) is 0 Å². The Morgan fingerprint density at radius 1 is 1.43 bits per heavy atom. The Bertz CT molecular complexity index is 727. The van der Waals surface area contributed by atoms with E-state index < -0.39 is 0 Å². The standard InChI is InChI=1S/C12H14N4O3S2/c1-6-8(20-12(18)16(6)2)9(17)13-11-15-14-10(21-11)7-4-3-5-19-7/h7H,3-5H2,1-2H3,(H,13,15,17). The van der Waals surface area contributed by atoms with Crippen LogP contribution >= 0.6 is 22.7 Å². The van der Waals surface area contributed by atoms with Gasteiger partial charge in [-0.15, -0.1) is 10.2 Å². The Hall–Kier alpha value is -1.58. The molecule has 1 unspecified atom stereocenters. The molecule has 1 aliphatic rings. The molecule has 0 spiro atoms. The second-order valence-corrected chi connectivity index (χ2v) is 6.71. The summed E-state index contributed by atoms with van der Waals surface area (Å²) < 4.78 is 6.99. The molecule has 1 fully saturated rings. The van der Waals surface area contributed by atoms with Crippen molar-refractivity contribution in [1.82, 2.24) is 14.8 Å². The number of ether oxygens (including phenoxy) is 1. The number of hydrogen-bond donors (Lipinski definition) is 1. The Balaban J connectivity index is 1.75. The van der Waals surface area contributed by atoms with Gasteiger partial charge in [0.2, 0.25) is 5.13 Å². The van der Waals surface area contributed by atoms with Gasteiger partial charge in [0.15, 0.2) is 0 Å². The first-order valence-electron chi connectivity index (χ1n) is 6.49. The van der Waals surface area contributed by atoms with Gasteiger partial charge in [-0.3, -0.25) is 14.9 Å². The van der Waals surface area contributed by atoms with Crippen molar-refractivity contribution in [2.75, 3.05) is 11.9 Å². The molecule has 1 aliphatic heterocycles. The van der Waals surface area contributed by atoms with Crippen molar-refractivity contribution in [3.8, 4) is 0 Å². The molecule has 21 heavy (non-hydrogen) atoms. The highest BCUT2D eigenvalue weighted by Gasteiger charge is 2.23. The molecule has 1 amide bonds. The maximum absolute atomic E-state index is 12.2. The molecule has 2 aromatic rings. The fourth-order valence-corrected chi connectivity index (χ4v) is 3.77. The summed E-state index contributed by atoms with van der Waals surface area (Å²) in [5, 5.41) is 11.9. The third-order valence-electron chi connectivity index (χ3n) is 3.37. The van der Waals surface area contributed by atoms with Crippen molar-refractivity contribution in [2.45, 2.75) is 25.9 Å². The summed E-state index contributed by atoms with van der Waals surface area (Å²) in [5.74, 6) is -0.328. The first kappa shape index (κ1) is 14.4. The molecule has 0 saturated carbocycles. The van der Waals surface area contributed by atoms with E-state index in [4.69, 9.17) is 4.74 Å². The van der Waals surface area contributed by atoms with Crippen LogP contribution in [-0.2, 0) is 11.8 Å². The number of carbonyl (C=O) groups is 1. The zero-order valence-corrected chi connectivity index (χ0v) is 13.2. The summed E-state index contributed by atoms with van der Waals surface area (Å²) >= 11 is 2.24. The lowest BCUT2D eigenvalue weighted by atomic mass is 10.2. The third-order valence-corrected chi connectivity index (χ3v) is 5.43. The van der Waals surface area contributed by atoms with E-state index in [1.54, 1.807) is 14.0 Å². The molecule has 7 nitrogen and oxygen atoms in total. The normalized spacial score (nSPS) is 18.1. The van der Waals surface area contributed by atoms with Gasteiger partial charge in [-0.2, -0.15) is 0 Å². The first-order chi connectivity index (χ1) is 10.1. The summed E-state index contributed by atoms with van der Waals surface area (Å²) in [6.45, 7) is 2.48. The predicted octanol–water partition coefficient (Wildman–Crippen LogP) is 1.71. The number of nitrogens with one attached hydrogen (secondary N) is 1. The summed E-state index contributed by atoms with van der Waals surface area (Å²) in [5.41, 5.74) is 0.645. The number of aromatic nitrogens is 3. The Kier molecular flexibility index (Phi) is 3.87. The Morgan fingerprint density at radius 3 is 2.86 bits per heavy atom. The molecule has 1 saturated heterocycles. The Labute approximate surface area is 128 Å². The van der Waals surface area contributed by atoms with Crippen LogP contribution in [0.1, 0.15) is 39.3 Å². The van der Waals surface area contributed by atoms with Gasteiger partial charge < -0.3 is 9.30 Å². The van der Waals surface area contributed by atoms with Gasteiger partial charge in [0.1, 0.15) is 16.0 Å². The topological polar surface area (TPSA) is 86.1 Å². The van der Waals surface area contributed by atoms with Crippen LogP contribution in [0.2, 0.25) is 0 Å². The van der Waals surface area contributed by atoms with Gasteiger partial charge in [-0.05, 0) is 19.8 Å². The number of carbonyl (C=O) groups excluding carboxylic acids is 1. The maximum Gasteiger partial charge on any atom is 0.307 e. The van der Waals surface area contributed by atoms with Crippen molar-refractivity contribution in [1.29, 1.82) is 0 Å². The first-order valence-corrected chi connectivity index (χ1v) is 8.12. The van der Waals surface area contributed by atoms with Crippen molar-refractivity contribution in [2.24, 2.45) is 7.05 Å². The summed E-state index contributed by atoms with van der Waals surface area (Å²) in [4.78, 5) is 24.0. The highest BCUT2D eigenvalue weighted by atomic mass is 32.1. The van der Waals surface area contributed by atoms with Crippen LogP contribution in [0.15, 0.2) is 4.79 Å². The maximum atomic E-state index is 12.2. The average molecular weight is 326 g/mol. The molecule has 0 aromatic carbocycles. The zero-order chi connectivity index (χ0) is 15.0. The van der Waals surface area contributed by atoms with Crippen LogP contribution in [-0.4, -0.2) is 27.3 Å². The van der Waals surface area contributed by atoms with Gasteiger partial charge in [-0.25, -0.2) is 0 Å². The SMILES string of the molecule is Cc1c(C(=O)Nc2nnc(C3CCCO3)s2)sc(=O)n1C. The van der Waals surface area contributed by atoms with Crippen molar-refractivity contribution < 1.29 is 9.53 Å². The smallest absolute Gasteiger partial charge is 0.307 e. The van der Waals surface area contributed by atoms with Crippen LogP contribution in [0.5, 0.6) is 0 Å². The van der Waals surface area contributed by atoms with Crippen LogP contribution in [0, 0.1) is 6.92 Å². The minimum absolute atomic E-state index is 0.0114. The van der Waals surface area contributed by atoms with E-state index in [0.29, 0.717) is 15.7 Å². The Morgan fingerprint density at radius 2 is 2.24 bits per heavy atom. The largest absolute Gasteiger partial charge is 0.371 e. The number of amides is 1. The highest BCUT2D eigenvalue weighted by Crippen LogP contribution is 2.32. The van der Waals surface area contributed by atoms with Crippen molar-refractivity contribution in [3.63, 3.8) is 0 Å². The van der Waals surface area contributed by atoms with Crippen molar-refractivity contribution in [3.05, 3.63) is 25.2 Å². The van der Waals surface area contributed by atoms with Gasteiger partial charge >= 0.3 is 4.87 Å². The molecule has 0 aliphatic carbocycles. The molecule has 9 heteroatoms. The molecule has 0 radical (unpaired) electrons. The second-order valence-electron chi connectivity index (χ2n) is 4.74. The third kappa shape index (κ3) is 2.76. The molecular formula is C12H14N4O3S2. The molecule has 112 valence electrons. The van der Waals surface area contributed by atoms with E-state index in [2.05, 4.69) is 15.5 Å². The number of anilines is 1. The molecule has 3 rings (SSSR count). The molecule has 0 bridgehead atoms. The number of rotatable bonds is 3. The fourth-order valence-electron chi connectivity index (χ4n) is 2.07. The van der Waals surface area contributed by atoms with Crippen LogP contribution in [0.25, 0.3) is 0 Å². The van der Waals surface area contributed by atoms with Crippen molar-refractivity contribution >= 4 is 33.7 Å². The van der Waals surface area contributed by atoms with E-state index in [-0.39, 0.29) is 16.9 Å². The molecule has 1 N–H and O–H groups in total. The van der Waals surface area contributed by atoms with Gasteiger partial charge in [0, 0.05) is 19.3 Å². The monoisotopic (exact) mass is 326 g/mol. The number of nitrogens with zero attached hydrogens (tertiary/aromatic N) is 3. The lowest BCUT2D eigenvalue weighted by Crippen LogP contribution is -2.12. The number of thiazole rings is 1. The van der Waals surface area contributed by atoms with E-state index in [9.17, 15) is 9.59 Å². The fraction of sp³-hybridized carbons (Fsp3) is 0.500.